The number of rotatable bonds is 3. The van der Waals surface area contributed by atoms with Crippen LogP contribution in [0.3, 0.4) is 0 Å². The van der Waals surface area contributed by atoms with E-state index in [1.165, 1.54) is 22.5 Å². The Morgan fingerprint density at radius 2 is 2.05 bits per heavy atom. The van der Waals surface area contributed by atoms with Gasteiger partial charge >= 0.3 is 0 Å². The Morgan fingerprint density at radius 1 is 1.38 bits per heavy atom. The second kappa shape index (κ2) is 7.05. The highest BCUT2D eigenvalue weighted by atomic mass is 35.5. The number of hydrogen-bond acceptors (Lipinski definition) is 3. The zero-order chi connectivity index (χ0) is 14.9. The van der Waals surface area contributed by atoms with E-state index in [4.69, 9.17) is 5.73 Å². The zero-order valence-corrected chi connectivity index (χ0v) is 13.9. The lowest BCUT2D eigenvalue weighted by molar-refractivity contribution is 0.227. The van der Waals surface area contributed by atoms with Crippen molar-refractivity contribution in [3.63, 3.8) is 0 Å². The Kier molecular flexibility index (Phi) is 6.16. The zero-order valence-electron chi connectivity index (χ0n) is 12.3. The predicted octanol–water partition coefficient (Wildman–Crippen LogP) is 2.45. The van der Waals surface area contributed by atoms with Gasteiger partial charge in [-0.2, -0.15) is 4.31 Å². The number of halogens is 2. The molecule has 2 unspecified atom stereocenters. The molecule has 1 aromatic rings. The van der Waals surface area contributed by atoms with Crippen LogP contribution in [-0.4, -0.2) is 31.4 Å². The first-order valence-corrected chi connectivity index (χ1v) is 8.31. The van der Waals surface area contributed by atoms with E-state index >= 15 is 0 Å². The number of piperidine rings is 1. The molecular weight excluding hydrogens is 315 g/mol. The highest BCUT2D eigenvalue weighted by Gasteiger charge is 2.35. The molecule has 0 aromatic heterocycles. The van der Waals surface area contributed by atoms with Gasteiger partial charge in [-0.15, -0.1) is 12.4 Å². The average molecular weight is 337 g/mol. The lowest BCUT2D eigenvalue weighted by Gasteiger charge is -2.36. The van der Waals surface area contributed by atoms with E-state index in [1.807, 2.05) is 6.92 Å². The highest BCUT2D eigenvalue weighted by Crippen LogP contribution is 2.27. The van der Waals surface area contributed by atoms with E-state index in [9.17, 15) is 12.8 Å². The molecule has 1 aromatic carbocycles. The molecule has 7 heteroatoms. The molecule has 1 aliphatic rings. The summed E-state index contributed by atoms with van der Waals surface area (Å²) in [6.45, 7) is 3.87. The lowest BCUT2D eigenvalue weighted by atomic mass is 10.00. The maximum atomic E-state index is 13.3. The van der Waals surface area contributed by atoms with Crippen molar-refractivity contribution in [2.45, 2.75) is 50.1 Å². The molecule has 1 heterocycles. The molecule has 0 amide bonds. The third kappa shape index (κ3) is 3.74. The van der Waals surface area contributed by atoms with Crippen LogP contribution in [0.2, 0.25) is 0 Å². The van der Waals surface area contributed by atoms with Crippen molar-refractivity contribution in [3.05, 3.63) is 29.6 Å². The number of hydrogen-bond donors (Lipinski definition) is 1. The first kappa shape index (κ1) is 18.4. The van der Waals surface area contributed by atoms with Gasteiger partial charge in [0.1, 0.15) is 5.82 Å². The molecule has 0 aliphatic carbocycles. The molecule has 2 rings (SSSR count). The largest absolute Gasteiger partial charge is 0.326 e. The third-order valence-corrected chi connectivity index (χ3v) is 5.76. The van der Waals surface area contributed by atoms with E-state index < -0.39 is 15.8 Å². The van der Waals surface area contributed by atoms with Crippen molar-refractivity contribution in [3.8, 4) is 0 Å². The first-order valence-electron chi connectivity index (χ1n) is 6.87. The topological polar surface area (TPSA) is 63.4 Å². The van der Waals surface area contributed by atoms with Crippen LogP contribution in [0.4, 0.5) is 4.39 Å². The van der Waals surface area contributed by atoms with Gasteiger partial charge in [0.25, 0.3) is 0 Å². The summed E-state index contributed by atoms with van der Waals surface area (Å²) in [4.78, 5) is 0.143. The van der Waals surface area contributed by atoms with Crippen molar-refractivity contribution < 1.29 is 12.8 Å². The third-order valence-electron chi connectivity index (χ3n) is 3.84. The van der Waals surface area contributed by atoms with E-state index in [0.717, 1.165) is 19.3 Å². The van der Waals surface area contributed by atoms with Crippen LogP contribution in [0.1, 0.15) is 31.7 Å². The molecule has 0 radical (unpaired) electrons. The molecule has 4 nitrogen and oxygen atoms in total. The quantitative estimate of drug-likeness (QED) is 0.922. The van der Waals surface area contributed by atoms with Gasteiger partial charge in [-0.3, -0.25) is 0 Å². The molecule has 0 bridgehead atoms. The number of nitrogens with two attached hydrogens (primary N) is 1. The van der Waals surface area contributed by atoms with Crippen LogP contribution in [0.5, 0.6) is 0 Å². The smallest absolute Gasteiger partial charge is 0.243 e. The lowest BCUT2D eigenvalue weighted by Crippen LogP contribution is -2.51. The summed E-state index contributed by atoms with van der Waals surface area (Å²) in [6.07, 6.45) is 2.60. The maximum absolute atomic E-state index is 13.3. The van der Waals surface area contributed by atoms with Crippen molar-refractivity contribution in [2.24, 2.45) is 5.73 Å². The fraction of sp³-hybridized carbons (Fsp3) is 0.571. The molecule has 0 saturated carbocycles. The van der Waals surface area contributed by atoms with Gasteiger partial charge in [0.2, 0.25) is 10.0 Å². The van der Waals surface area contributed by atoms with E-state index in [-0.39, 0.29) is 29.4 Å². The second-order valence-corrected chi connectivity index (χ2v) is 7.34. The fourth-order valence-corrected chi connectivity index (χ4v) is 4.53. The Balaban J connectivity index is 0.00000220. The molecule has 1 aliphatic heterocycles. The van der Waals surface area contributed by atoms with Crippen LogP contribution >= 0.6 is 12.4 Å². The summed E-state index contributed by atoms with van der Waals surface area (Å²) in [5.41, 5.74) is 6.25. The normalized spacial score (nSPS) is 21.6. The van der Waals surface area contributed by atoms with E-state index in [1.54, 1.807) is 6.92 Å². The molecule has 21 heavy (non-hydrogen) atoms. The maximum Gasteiger partial charge on any atom is 0.243 e. The Morgan fingerprint density at radius 3 is 2.62 bits per heavy atom. The van der Waals surface area contributed by atoms with Crippen molar-refractivity contribution >= 4 is 22.4 Å². The highest BCUT2D eigenvalue weighted by molar-refractivity contribution is 7.89. The standard InChI is InChI=1S/C14H21FN2O2S.ClH/c1-10-9-12(6-7-13(10)15)20(18,19)17-8-4-3-5-14(17)11(2)16;/h6-7,9,11,14H,3-5,8,16H2,1-2H3;1H. The fourth-order valence-electron chi connectivity index (χ4n) is 2.67. The average Bonchev–Trinajstić information content (AvgIpc) is 2.41. The van der Waals surface area contributed by atoms with Crippen molar-refractivity contribution in [1.82, 2.24) is 4.31 Å². The molecule has 120 valence electrons. The van der Waals surface area contributed by atoms with E-state index in [0.29, 0.717) is 12.1 Å². The number of nitrogens with zero attached hydrogens (tertiary/aromatic N) is 1. The molecule has 0 spiro atoms. The summed E-state index contributed by atoms with van der Waals surface area (Å²) >= 11 is 0. The summed E-state index contributed by atoms with van der Waals surface area (Å²) in [6, 6.07) is 3.51. The van der Waals surface area contributed by atoms with Gasteiger partial charge < -0.3 is 5.73 Å². The first-order chi connectivity index (χ1) is 9.34. The van der Waals surface area contributed by atoms with Crippen molar-refractivity contribution in [1.29, 1.82) is 0 Å². The van der Waals surface area contributed by atoms with Crippen molar-refractivity contribution in [2.75, 3.05) is 6.54 Å². The van der Waals surface area contributed by atoms with E-state index in [2.05, 4.69) is 0 Å². The summed E-state index contributed by atoms with van der Waals surface area (Å²) in [5.74, 6) is -0.397. The van der Waals surface area contributed by atoms with Gasteiger partial charge in [0, 0.05) is 18.6 Å². The monoisotopic (exact) mass is 336 g/mol. The summed E-state index contributed by atoms with van der Waals surface area (Å²) in [5, 5.41) is 0. The van der Waals surface area contributed by atoms with Gasteiger partial charge in [0.15, 0.2) is 0 Å². The molecule has 2 N–H and O–H groups in total. The van der Waals surface area contributed by atoms with Crippen LogP contribution < -0.4 is 5.73 Å². The number of sulfonamides is 1. The summed E-state index contributed by atoms with van der Waals surface area (Å²) < 4.78 is 40.2. The SMILES string of the molecule is Cc1cc(S(=O)(=O)N2CCCCC2C(C)N)ccc1F.Cl. The van der Waals surface area contributed by atoms with Gasteiger partial charge in [-0.05, 0) is 50.5 Å². The van der Waals surface area contributed by atoms with Crippen LogP contribution in [0, 0.1) is 12.7 Å². The Hall–Kier alpha value is -0.690. The second-order valence-electron chi connectivity index (χ2n) is 5.45. The van der Waals surface area contributed by atoms with Gasteiger partial charge in [-0.25, -0.2) is 12.8 Å². The minimum atomic E-state index is -3.61. The molecular formula is C14H22ClFN2O2S. The number of aryl methyl sites for hydroxylation is 1. The van der Waals surface area contributed by atoms with Crippen LogP contribution in [0.15, 0.2) is 23.1 Å². The summed E-state index contributed by atoms with van der Waals surface area (Å²) in [7, 11) is -3.61. The molecule has 2 atom stereocenters. The predicted molar refractivity (Wildman–Crippen MR) is 83.6 cm³/mol. The van der Waals surface area contributed by atoms with Crippen LogP contribution in [0.25, 0.3) is 0 Å². The molecule has 1 fully saturated rings. The van der Waals surface area contributed by atoms with Crippen LogP contribution in [-0.2, 0) is 10.0 Å². The molecule has 1 saturated heterocycles. The minimum Gasteiger partial charge on any atom is -0.326 e. The van der Waals surface area contributed by atoms with Gasteiger partial charge in [-0.1, -0.05) is 6.42 Å². The Bertz CT molecular complexity index is 593. The Labute approximate surface area is 132 Å². The van der Waals surface area contributed by atoms with Gasteiger partial charge in [0.05, 0.1) is 4.90 Å². The minimum absolute atomic E-state index is 0. The number of benzene rings is 1.